The first-order valence-electron chi connectivity index (χ1n) is 11.7. The zero-order chi connectivity index (χ0) is 30.6. The van der Waals surface area contributed by atoms with Gasteiger partial charge in [0.25, 0.3) is 11.4 Å². The summed E-state index contributed by atoms with van der Waals surface area (Å²) in [6, 6.07) is 26.7. The molecule has 4 rings (SSSR count). The molecule has 41 heavy (non-hydrogen) atoms. The molecule has 10 nitrogen and oxygen atoms in total. The molecule has 2 N–H and O–H groups in total. The number of benzene rings is 4. The molecule has 0 unspecified atom stereocenters. The van der Waals surface area contributed by atoms with E-state index in [4.69, 9.17) is 33.7 Å². The van der Waals surface area contributed by atoms with E-state index in [1.165, 1.54) is 42.0 Å². The minimum Gasteiger partial charge on any atom is -0.497 e. The average Bonchev–Trinajstić information content (AvgIpc) is 2.99. The molecule has 0 aromatic heterocycles. The van der Waals surface area contributed by atoms with Gasteiger partial charge in [0, 0.05) is 41.7 Å². The van der Waals surface area contributed by atoms with Gasteiger partial charge >= 0.3 is 0 Å². The van der Waals surface area contributed by atoms with Gasteiger partial charge in [-0.15, -0.1) is 23.2 Å². The van der Waals surface area contributed by atoms with Gasteiger partial charge in [0.05, 0.1) is 28.0 Å². The first kappa shape index (κ1) is 34.2. The fourth-order valence-corrected chi connectivity index (χ4v) is 2.74. The van der Waals surface area contributed by atoms with Gasteiger partial charge in [-0.1, -0.05) is 17.7 Å². The lowest BCUT2D eigenvalue weighted by atomic mass is 10.2. The van der Waals surface area contributed by atoms with E-state index in [0.717, 1.165) is 22.7 Å². The first-order valence-corrected chi connectivity index (χ1v) is 12.8. The third-order valence-electron chi connectivity index (χ3n) is 4.86. The number of halogens is 2. The molecule has 0 radical (unpaired) electrons. The number of rotatable bonds is 6. The fraction of sp³-hybridized carbons (Fsp3) is 0.103. The summed E-state index contributed by atoms with van der Waals surface area (Å²) in [6.07, 6.45) is 2.30. The normalized spacial score (nSPS) is 9.56. The van der Waals surface area contributed by atoms with Crippen molar-refractivity contribution in [3.05, 3.63) is 134 Å². The van der Waals surface area contributed by atoms with Crippen LogP contribution in [-0.4, -0.2) is 34.8 Å². The van der Waals surface area contributed by atoms with Crippen molar-refractivity contribution >= 4 is 58.5 Å². The van der Waals surface area contributed by atoms with Crippen molar-refractivity contribution in [2.24, 2.45) is 4.99 Å². The SMILES string of the molecule is COc1ccc(N=Cc2ccc([N+](=O)[O-])cc2)cc1.Cc1ccc(N)cc1.ClCCl.O=Cc1ccc([N+](=O)[O-])cc1. The number of anilines is 1. The minimum absolute atomic E-state index is 0.00407. The van der Waals surface area contributed by atoms with Crippen molar-refractivity contribution < 1.29 is 19.4 Å². The standard InChI is InChI=1S/C14H12N2O3.C7H5NO3.C7H9N.CH2Cl2/c1-19-14-8-4-12(5-9-14)15-10-11-2-6-13(7-3-11)16(17)18;9-5-6-1-3-7(4-2-6)8(10)11;1-6-2-4-7(8)5-3-6;2-1-3/h2-10H,1H3;1-5H;2-5H,8H2,1H3;1H2. The summed E-state index contributed by atoms with van der Waals surface area (Å²) in [7, 11) is 1.61. The molecule has 0 saturated heterocycles. The van der Waals surface area contributed by atoms with Crippen molar-refractivity contribution in [2.45, 2.75) is 6.92 Å². The second-order valence-electron chi connectivity index (χ2n) is 7.78. The Morgan fingerprint density at radius 3 is 1.59 bits per heavy atom. The number of hydrogen-bond acceptors (Lipinski definition) is 8. The lowest BCUT2D eigenvalue weighted by molar-refractivity contribution is -0.385. The van der Waals surface area contributed by atoms with E-state index in [1.54, 1.807) is 25.5 Å². The van der Waals surface area contributed by atoms with E-state index in [-0.39, 0.29) is 16.7 Å². The number of nitro groups is 2. The highest BCUT2D eigenvalue weighted by Crippen LogP contribution is 2.18. The molecule has 4 aromatic rings. The topological polar surface area (TPSA) is 151 Å². The number of nitrogens with zero attached hydrogens (tertiary/aromatic N) is 3. The number of methoxy groups -OCH3 is 1. The number of aldehydes is 1. The summed E-state index contributed by atoms with van der Waals surface area (Å²) in [5, 5.41) is 20.8. The zero-order valence-corrected chi connectivity index (χ0v) is 23.7. The molecule has 0 amide bonds. The van der Waals surface area contributed by atoms with Crippen molar-refractivity contribution in [1.29, 1.82) is 0 Å². The van der Waals surface area contributed by atoms with Gasteiger partial charge in [-0.25, -0.2) is 0 Å². The highest BCUT2D eigenvalue weighted by Gasteiger charge is 2.03. The smallest absolute Gasteiger partial charge is 0.269 e. The van der Waals surface area contributed by atoms with Crippen molar-refractivity contribution in [2.75, 3.05) is 18.2 Å². The van der Waals surface area contributed by atoms with Gasteiger partial charge in [-0.2, -0.15) is 0 Å². The Balaban J connectivity index is 0.000000322. The quantitative estimate of drug-likeness (QED) is 0.0594. The molecule has 0 heterocycles. The van der Waals surface area contributed by atoms with Crippen LogP contribution in [0.5, 0.6) is 5.75 Å². The number of carbonyl (C=O) groups is 1. The Bertz CT molecular complexity index is 1360. The molecule has 0 bridgehead atoms. The lowest BCUT2D eigenvalue weighted by Crippen LogP contribution is -1.88. The number of aliphatic imine (C=N–C) groups is 1. The molecule has 0 saturated carbocycles. The molecule has 0 fully saturated rings. The summed E-state index contributed by atoms with van der Waals surface area (Å²) in [4.78, 5) is 34.1. The van der Waals surface area contributed by atoms with Crippen LogP contribution in [0.3, 0.4) is 0 Å². The first-order chi connectivity index (χ1) is 19.6. The Hall–Kier alpha value is -4.80. The number of ether oxygens (including phenoxy) is 1. The van der Waals surface area contributed by atoms with Gasteiger partial charge in [0.1, 0.15) is 12.0 Å². The molecular weight excluding hydrogens is 571 g/mol. The number of hydrogen-bond donors (Lipinski definition) is 1. The number of carbonyl (C=O) groups excluding carboxylic acids is 1. The summed E-state index contributed by atoms with van der Waals surface area (Å²) in [5.41, 5.74) is 9.61. The second-order valence-corrected chi connectivity index (χ2v) is 8.59. The summed E-state index contributed by atoms with van der Waals surface area (Å²) >= 11 is 9.53. The van der Waals surface area contributed by atoms with Crippen LogP contribution in [0.4, 0.5) is 22.7 Å². The van der Waals surface area contributed by atoms with E-state index >= 15 is 0 Å². The zero-order valence-electron chi connectivity index (χ0n) is 22.2. The summed E-state index contributed by atoms with van der Waals surface area (Å²) < 4.78 is 5.05. The number of non-ortho nitro benzene ring substituents is 2. The maximum absolute atomic E-state index is 10.5. The molecule has 0 aliphatic heterocycles. The fourth-order valence-electron chi connectivity index (χ4n) is 2.74. The van der Waals surface area contributed by atoms with Crippen LogP contribution in [-0.2, 0) is 0 Å². The number of nitrogen functional groups attached to an aromatic ring is 1. The highest BCUT2D eigenvalue weighted by atomic mass is 35.5. The third-order valence-corrected chi connectivity index (χ3v) is 4.86. The van der Waals surface area contributed by atoms with Crippen LogP contribution in [0.2, 0.25) is 0 Å². The van der Waals surface area contributed by atoms with Gasteiger partial charge < -0.3 is 10.5 Å². The predicted molar refractivity (Wildman–Crippen MR) is 164 cm³/mol. The second kappa shape index (κ2) is 19.3. The van der Waals surface area contributed by atoms with Crippen molar-refractivity contribution in [3.8, 4) is 5.75 Å². The van der Waals surface area contributed by atoms with E-state index < -0.39 is 9.85 Å². The van der Waals surface area contributed by atoms with Crippen molar-refractivity contribution in [3.63, 3.8) is 0 Å². The molecule has 0 aliphatic rings. The highest BCUT2D eigenvalue weighted by molar-refractivity contribution is 6.40. The Labute approximate surface area is 247 Å². The van der Waals surface area contributed by atoms with Gasteiger partial charge in [-0.3, -0.25) is 30.0 Å². The van der Waals surface area contributed by atoms with Crippen LogP contribution in [0, 0.1) is 27.2 Å². The predicted octanol–water partition coefficient (Wildman–Crippen LogP) is 7.76. The summed E-state index contributed by atoms with van der Waals surface area (Å²) in [6.45, 7) is 2.04. The van der Waals surface area contributed by atoms with Crippen LogP contribution < -0.4 is 10.5 Å². The Kier molecular flexibility index (Phi) is 16.1. The molecule has 0 spiro atoms. The minimum atomic E-state index is -0.505. The third kappa shape index (κ3) is 14.2. The van der Waals surface area contributed by atoms with Gasteiger partial charge in [0.2, 0.25) is 0 Å². The number of nitrogens with two attached hydrogens (primary N) is 1. The monoisotopic (exact) mass is 598 g/mol. The summed E-state index contributed by atoms with van der Waals surface area (Å²) in [5.74, 6) is 0.772. The Morgan fingerprint density at radius 2 is 1.22 bits per heavy atom. The molecule has 12 heteroatoms. The van der Waals surface area contributed by atoms with Gasteiger partial charge in [-0.05, 0) is 73.2 Å². The molecule has 0 atom stereocenters. The number of aryl methyl sites for hydroxylation is 1. The maximum Gasteiger partial charge on any atom is 0.269 e. The largest absolute Gasteiger partial charge is 0.497 e. The maximum atomic E-state index is 10.5. The van der Waals surface area contributed by atoms with E-state index in [1.807, 2.05) is 55.5 Å². The number of nitro benzene ring substituents is 2. The molecule has 4 aromatic carbocycles. The molecular formula is C29H28Cl2N4O6. The average molecular weight is 599 g/mol. The van der Waals surface area contributed by atoms with E-state index in [0.29, 0.717) is 11.8 Å². The van der Waals surface area contributed by atoms with Crippen LogP contribution in [0.1, 0.15) is 21.5 Å². The molecule has 214 valence electrons. The van der Waals surface area contributed by atoms with Crippen LogP contribution >= 0.6 is 23.2 Å². The van der Waals surface area contributed by atoms with Crippen LogP contribution in [0.25, 0.3) is 0 Å². The van der Waals surface area contributed by atoms with Crippen LogP contribution in [0.15, 0.2) is 102 Å². The lowest BCUT2D eigenvalue weighted by Gasteiger charge is -1.99. The Morgan fingerprint density at radius 1 is 0.780 bits per heavy atom. The van der Waals surface area contributed by atoms with E-state index in [2.05, 4.69) is 4.99 Å². The van der Waals surface area contributed by atoms with E-state index in [9.17, 15) is 25.0 Å². The molecule has 0 aliphatic carbocycles. The van der Waals surface area contributed by atoms with Gasteiger partial charge in [0.15, 0.2) is 0 Å². The van der Waals surface area contributed by atoms with Crippen molar-refractivity contribution in [1.82, 2.24) is 0 Å². The number of alkyl halides is 2.